The fourth-order valence-corrected chi connectivity index (χ4v) is 3.32. The zero-order valence-corrected chi connectivity index (χ0v) is 14.0. The van der Waals surface area contributed by atoms with Crippen LogP contribution in [0.25, 0.3) is 21.9 Å². The molecule has 7 heteroatoms. The Morgan fingerprint density at radius 2 is 1.69 bits per heavy atom. The second-order valence-corrected chi connectivity index (χ2v) is 6.31. The summed E-state index contributed by atoms with van der Waals surface area (Å²) < 4.78 is 39.5. The van der Waals surface area contributed by atoms with Crippen LogP contribution in [0.3, 0.4) is 0 Å². The number of aromatic nitrogens is 1. The molecular formula is C19H11F3N2OS. The molecule has 3 rings (SSSR count). The zero-order valence-electron chi connectivity index (χ0n) is 13.2. The lowest BCUT2D eigenvalue weighted by atomic mass is 10.0. The van der Waals surface area contributed by atoms with Gasteiger partial charge in [0, 0.05) is 17.3 Å². The molecule has 26 heavy (non-hydrogen) atoms. The van der Waals surface area contributed by atoms with Crippen molar-refractivity contribution >= 4 is 22.7 Å². The lowest BCUT2D eigenvalue weighted by Crippen LogP contribution is -2.09. The third-order valence-electron chi connectivity index (χ3n) is 3.61. The SMILES string of the molecule is N#CC(=C(O)c1ccccc1C(F)(F)F)c1cnc(-c2ccccc2)s1. The number of thiazole rings is 1. The van der Waals surface area contributed by atoms with Crippen LogP contribution in [0.15, 0.2) is 60.8 Å². The Balaban J connectivity index is 2.10. The highest BCUT2D eigenvalue weighted by atomic mass is 32.1. The molecule has 0 radical (unpaired) electrons. The highest BCUT2D eigenvalue weighted by Gasteiger charge is 2.34. The maximum atomic E-state index is 13.2. The topological polar surface area (TPSA) is 56.9 Å². The Bertz CT molecular complexity index is 1000. The van der Waals surface area contributed by atoms with Crippen molar-refractivity contribution in [2.24, 2.45) is 0 Å². The van der Waals surface area contributed by atoms with Gasteiger partial charge in [0.05, 0.1) is 10.4 Å². The van der Waals surface area contributed by atoms with Crippen LogP contribution in [0, 0.1) is 11.3 Å². The molecule has 0 saturated heterocycles. The van der Waals surface area contributed by atoms with Gasteiger partial charge in [-0.1, -0.05) is 48.5 Å². The number of aliphatic hydroxyl groups excluding tert-OH is 1. The summed E-state index contributed by atoms with van der Waals surface area (Å²) in [5, 5.41) is 20.4. The smallest absolute Gasteiger partial charge is 0.417 e. The van der Waals surface area contributed by atoms with Crippen LogP contribution in [0.2, 0.25) is 0 Å². The van der Waals surface area contributed by atoms with E-state index < -0.39 is 23.1 Å². The average molecular weight is 372 g/mol. The second kappa shape index (κ2) is 7.02. The third kappa shape index (κ3) is 3.46. The number of hydrogen-bond donors (Lipinski definition) is 1. The Kier molecular flexibility index (Phi) is 4.78. The highest BCUT2D eigenvalue weighted by molar-refractivity contribution is 7.16. The minimum Gasteiger partial charge on any atom is -0.506 e. The first-order valence-corrected chi connectivity index (χ1v) is 8.25. The van der Waals surface area contributed by atoms with Crippen molar-refractivity contribution in [3.63, 3.8) is 0 Å². The molecule has 0 amide bonds. The van der Waals surface area contributed by atoms with Crippen LogP contribution in [-0.4, -0.2) is 10.1 Å². The number of benzene rings is 2. The number of hydrogen-bond acceptors (Lipinski definition) is 4. The van der Waals surface area contributed by atoms with Gasteiger partial charge < -0.3 is 5.11 Å². The van der Waals surface area contributed by atoms with Gasteiger partial charge in [0.2, 0.25) is 0 Å². The number of halogens is 3. The molecule has 130 valence electrons. The molecule has 0 unspecified atom stereocenters. The lowest BCUT2D eigenvalue weighted by Gasteiger charge is -2.12. The van der Waals surface area contributed by atoms with Crippen LogP contribution >= 0.6 is 11.3 Å². The number of rotatable bonds is 3. The van der Waals surface area contributed by atoms with Crippen LogP contribution in [-0.2, 0) is 6.18 Å². The maximum absolute atomic E-state index is 13.2. The van der Waals surface area contributed by atoms with E-state index in [2.05, 4.69) is 4.98 Å². The van der Waals surface area contributed by atoms with Crippen molar-refractivity contribution in [1.29, 1.82) is 5.26 Å². The first kappa shape index (κ1) is 17.7. The van der Waals surface area contributed by atoms with E-state index >= 15 is 0 Å². The molecule has 0 aliphatic heterocycles. The third-order valence-corrected chi connectivity index (χ3v) is 4.67. The predicted molar refractivity (Wildman–Crippen MR) is 94.0 cm³/mol. The lowest BCUT2D eigenvalue weighted by molar-refractivity contribution is -0.137. The molecule has 0 saturated carbocycles. The molecule has 0 fully saturated rings. The molecule has 0 bridgehead atoms. The van der Waals surface area contributed by atoms with Gasteiger partial charge in [0.1, 0.15) is 22.4 Å². The van der Waals surface area contributed by atoms with E-state index in [4.69, 9.17) is 0 Å². The minimum absolute atomic E-state index is 0.249. The van der Waals surface area contributed by atoms with Gasteiger partial charge in [0.25, 0.3) is 0 Å². The first-order chi connectivity index (χ1) is 12.4. The number of nitriles is 1. The quantitative estimate of drug-likeness (QED) is 0.468. The van der Waals surface area contributed by atoms with E-state index in [1.165, 1.54) is 18.3 Å². The van der Waals surface area contributed by atoms with Gasteiger partial charge in [-0.25, -0.2) is 4.98 Å². The molecule has 0 spiro atoms. The monoisotopic (exact) mass is 372 g/mol. The largest absolute Gasteiger partial charge is 0.506 e. The Hall–Kier alpha value is -3.11. The van der Waals surface area contributed by atoms with Crippen LogP contribution in [0.4, 0.5) is 13.2 Å². The maximum Gasteiger partial charge on any atom is 0.417 e. The number of allylic oxidation sites excluding steroid dienone is 1. The van der Waals surface area contributed by atoms with Gasteiger partial charge in [-0.15, -0.1) is 11.3 Å². The van der Waals surface area contributed by atoms with Gasteiger partial charge in [0.15, 0.2) is 0 Å². The summed E-state index contributed by atoms with van der Waals surface area (Å²) >= 11 is 1.12. The summed E-state index contributed by atoms with van der Waals surface area (Å²) in [6, 6.07) is 15.6. The average Bonchev–Trinajstić information content (AvgIpc) is 3.12. The fraction of sp³-hybridized carbons (Fsp3) is 0.0526. The zero-order chi connectivity index (χ0) is 18.7. The van der Waals surface area contributed by atoms with Crippen molar-refractivity contribution in [1.82, 2.24) is 4.98 Å². The van der Waals surface area contributed by atoms with Gasteiger partial charge in [-0.05, 0) is 6.07 Å². The molecule has 1 N–H and O–H groups in total. The summed E-state index contributed by atoms with van der Waals surface area (Å²) in [7, 11) is 0. The highest BCUT2D eigenvalue weighted by Crippen LogP contribution is 2.38. The molecular weight excluding hydrogens is 361 g/mol. The van der Waals surface area contributed by atoms with Crippen LogP contribution < -0.4 is 0 Å². The Morgan fingerprint density at radius 3 is 2.35 bits per heavy atom. The fourth-order valence-electron chi connectivity index (χ4n) is 2.40. The molecule has 0 aliphatic carbocycles. The van der Waals surface area contributed by atoms with E-state index in [0.717, 1.165) is 29.0 Å². The summed E-state index contributed by atoms with van der Waals surface area (Å²) in [5.74, 6) is -0.719. The predicted octanol–water partition coefficient (Wildman–Crippen LogP) is 5.78. The summed E-state index contributed by atoms with van der Waals surface area (Å²) in [6.07, 6.45) is -3.27. The van der Waals surface area contributed by atoms with Crippen molar-refractivity contribution < 1.29 is 18.3 Å². The van der Waals surface area contributed by atoms with E-state index in [1.54, 1.807) is 6.07 Å². The summed E-state index contributed by atoms with van der Waals surface area (Å²) in [4.78, 5) is 4.49. The summed E-state index contributed by atoms with van der Waals surface area (Å²) in [5.41, 5.74) is -0.873. The van der Waals surface area contributed by atoms with E-state index in [1.807, 2.05) is 30.3 Å². The molecule has 3 aromatic rings. The molecule has 0 aliphatic rings. The minimum atomic E-state index is -4.64. The van der Waals surface area contributed by atoms with Crippen molar-refractivity contribution in [3.05, 3.63) is 76.8 Å². The molecule has 2 aromatic carbocycles. The standard InChI is InChI=1S/C19H11F3N2OS/c20-19(21,22)15-9-5-4-8-13(15)17(25)14(10-23)16-11-24-18(26-16)12-6-2-1-3-7-12/h1-9,11,25H. The van der Waals surface area contributed by atoms with E-state index in [0.29, 0.717) is 9.88 Å². The molecule has 0 atom stereocenters. The molecule has 1 heterocycles. The van der Waals surface area contributed by atoms with Crippen molar-refractivity contribution in [2.75, 3.05) is 0 Å². The first-order valence-electron chi connectivity index (χ1n) is 7.43. The van der Waals surface area contributed by atoms with Gasteiger partial charge in [-0.3, -0.25) is 0 Å². The number of alkyl halides is 3. The van der Waals surface area contributed by atoms with E-state index in [-0.39, 0.29) is 5.57 Å². The van der Waals surface area contributed by atoms with Crippen LogP contribution in [0.1, 0.15) is 16.0 Å². The Labute approximate surface area is 151 Å². The van der Waals surface area contributed by atoms with Gasteiger partial charge in [-0.2, -0.15) is 18.4 Å². The van der Waals surface area contributed by atoms with E-state index in [9.17, 15) is 23.5 Å². The van der Waals surface area contributed by atoms with Gasteiger partial charge >= 0.3 is 6.18 Å². The summed E-state index contributed by atoms with van der Waals surface area (Å²) in [6.45, 7) is 0. The number of aliphatic hydroxyl groups is 1. The number of nitrogens with zero attached hydrogens (tertiary/aromatic N) is 2. The molecule has 1 aromatic heterocycles. The van der Waals surface area contributed by atoms with Crippen molar-refractivity contribution in [3.8, 4) is 16.6 Å². The normalized spacial score (nSPS) is 12.4. The van der Waals surface area contributed by atoms with Crippen LogP contribution in [0.5, 0.6) is 0 Å². The Morgan fingerprint density at radius 1 is 1.04 bits per heavy atom. The second-order valence-electron chi connectivity index (χ2n) is 5.27. The molecule has 3 nitrogen and oxygen atoms in total. The van der Waals surface area contributed by atoms with Crippen molar-refractivity contribution in [2.45, 2.75) is 6.18 Å².